The molecule has 5 rings (SSSR count). The van der Waals surface area contributed by atoms with E-state index in [1.807, 2.05) is 36.1 Å². The molecule has 2 saturated heterocycles. The second-order valence-electron chi connectivity index (χ2n) is 7.57. The SMILES string of the molecule is Cc1nnc(-c2ccc3nnc(NC(=O)N4C5CCC4CN(C)C5)cc3c2)s1. The van der Waals surface area contributed by atoms with Gasteiger partial charge in [0.2, 0.25) is 0 Å². The zero-order valence-corrected chi connectivity index (χ0v) is 16.6. The van der Waals surface area contributed by atoms with Crippen molar-refractivity contribution in [1.82, 2.24) is 30.2 Å². The molecule has 2 amide bonds. The van der Waals surface area contributed by atoms with Crippen LogP contribution in [0.25, 0.3) is 21.5 Å². The van der Waals surface area contributed by atoms with Crippen molar-refractivity contribution < 1.29 is 4.79 Å². The first-order valence-electron chi connectivity index (χ1n) is 9.42. The first-order chi connectivity index (χ1) is 13.6. The number of piperazine rings is 1. The number of likely N-dealkylation sites (tertiary alicyclic amines) is 1. The van der Waals surface area contributed by atoms with Gasteiger partial charge in [0.15, 0.2) is 5.82 Å². The lowest BCUT2D eigenvalue weighted by Gasteiger charge is -2.39. The summed E-state index contributed by atoms with van der Waals surface area (Å²) in [5.41, 5.74) is 1.77. The number of nitrogens with zero attached hydrogens (tertiary/aromatic N) is 6. The van der Waals surface area contributed by atoms with Gasteiger partial charge in [-0.1, -0.05) is 11.3 Å². The molecule has 1 N–H and O–H groups in total. The van der Waals surface area contributed by atoms with Crippen molar-refractivity contribution >= 4 is 34.1 Å². The molecule has 2 bridgehead atoms. The Labute approximate surface area is 166 Å². The Bertz CT molecular complexity index is 1040. The number of anilines is 1. The van der Waals surface area contributed by atoms with Gasteiger partial charge in [-0.15, -0.1) is 20.4 Å². The minimum absolute atomic E-state index is 0.0786. The molecule has 1 aromatic carbocycles. The average molecular weight is 395 g/mol. The van der Waals surface area contributed by atoms with Crippen molar-refractivity contribution in [3.8, 4) is 10.6 Å². The van der Waals surface area contributed by atoms with Crippen LogP contribution in [-0.4, -0.2) is 68.4 Å². The van der Waals surface area contributed by atoms with Crippen LogP contribution in [0, 0.1) is 6.92 Å². The van der Waals surface area contributed by atoms with Crippen molar-refractivity contribution in [2.75, 3.05) is 25.5 Å². The predicted octanol–water partition coefficient (Wildman–Crippen LogP) is 2.77. The molecule has 4 heterocycles. The van der Waals surface area contributed by atoms with Gasteiger partial charge in [-0.3, -0.25) is 5.32 Å². The fourth-order valence-electron chi connectivity index (χ4n) is 4.27. The molecule has 28 heavy (non-hydrogen) atoms. The molecular weight excluding hydrogens is 374 g/mol. The fraction of sp³-hybridized carbons (Fsp3) is 0.421. The maximum atomic E-state index is 12.9. The molecule has 2 aliphatic heterocycles. The molecular formula is C19H21N7OS. The third-order valence-electron chi connectivity index (χ3n) is 5.49. The summed E-state index contributed by atoms with van der Waals surface area (Å²) in [6.07, 6.45) is 2.13. The van der Waals surface area contributed by atoms with Crippen LogP contribution in [0.3, 0.4) is 0 Å². The number of aromatic nitrogens is 4. The Morgan fingerprint density at radius 1 is 1.11 bits per heavy atom. The molecule has 2 fully saturated rings. The minimum atomic E-state index is -0.0786. The number of urea groups is 1. The Kier molecular flexibility index (Phi) is 4.21. The van der Waals surface area contributed by atoms with Crippen molar-refractivity contribution in [2.45, 2.75) is 31.8 Å². The van der Waals surface area contributed by atoms with Gasteiger partial charge >= 0.3 is 6.03 Å². The molecule has 8 nitrogen and oxygen atoms in total. The van der Waals surface area contributed by atoms with Gasteiger partial charge in [0, 0.05) is 36.1 Å². The van der Waals surface area contributed by atoms with Crippen LogP contribution >= 0.6 is 11.3 Å². The van der Waals surface area contributed by atoms with Crippen LogP contribution in [0.1, 0.15) is 17.8 Å². The molecule has 3 aromatic rings. The summed E-state index contributed by atoms with van der Waals surface area (Å²) in [4.78, 5) is 17.2. The number of benzene rings is 1. The number of carbonyl (C=O) groups is 1. The molecule has 0 spiro atoms. The molecule has 0 radical (unpaired) electrons. The van der Waals surface area contributed by atoms with Gasteiger partial charge in [-0.05, 0) is 51.1 Å². The number of fused-ring (bicyclic) bond motifs is 3. The summed E-state index contributed by atoms with van der Waals surface area (Å²) < 4.78 is 0. The molecule has 9 heteroatoms. The number of rotatable bonds is 2. The highest BCUT2D eigenvalue weighted by Gasteiger charge is 2.41. The average Bonchev–Trinajstić information content (AvgIpc) is 3.22. The fourth-order valence-corrected chi connectivity index (χ4v) is 4.96. The molecule has 2 aromatic heterocycles. The summed E-state index contributed by atoms with van der Waals surface area (Å²) in [7, 11) is 2.12. The zero-order chi connectivity index (χ0) is 19.3. The lowest BCUT2D eigenvalue weighted by atomic mass is 10.1. The minimum Gasteiger partial charge on any atom is -0.316 e. The second-order valence-corrected chi connectivity index (χ2v) is 8.75. The summed E-state index contributed by atoms with van der Waals surface area (Å²) >= 11 is 1.55. The van der Waals surface area contributed by atoms with E-state index in [9.17, 15) is 4.79 Å². The predicted molar refractivity (Wildman–Crippen MR) is 108 cm³/mol. The lowest BCUT2D eigenvalue weighted by molar-refractivity contribution is 0.111. The first kappa shape index (κ1) is 17.4. The van der Waals surface area contributed by atoms with Crippen molar-refractivity contribution in [2.24, 2.45) is 0 Å². The van der Waals surface area contributed by atoms with Crippen molar-refractivity contribution in [3.63, 3.8) is 0 Å². The Morgan fingerprint density at radius 2 is 1.89 bits per heavy atom. The van der Waals surface area contributed by atoms with E-state index in [1.165, 1.54) is 0 Å². The standard InChI is InChI=1S/C19H21N7OS/c1-11-21-24-18(28-11)12-3-6-16-13(7-12)8-17(23-22-16)20-19(27)26-14-4-5-15(26)10-25(2)9-14/h3,6-8,14-15H,4-5,9-10H2,1-2H3,(H,20,23,27). The molecule has 0 aliphatic carbocycles. The van der Waals surface area contributed by atoms with E-state index in [4.69, 9.17) is 0 Å². The number of hydrogen-bond donors (Lipinski definition) is 1. The smallest absolute Gasteiger partial charge is 0.316 e. The van der Waals surface area contributed by atoms with E-state index in [0.717, 1.165) is 52.4 Å². The largest absolute Gasteiger partial charge is 0.323 e. The second kappa shape index (κ2) is 6.75. The summed E-state index contributed by atoms with van der Waals surface area (Å²) in [5, 5.41) is 22.4. The number of amides is 2. The maximum absolute atomic E-state index is 12.9. The van der Waals surface area contributed by atoms with Gasteiger partial charge in [0.25, 0.3) is 0 Å². The number of likely N-dealkylation sites (N-methyl/N-ethyl adjacent to an activating group) is 1. The highest BCUT2D eigenvalue weighted by Crippen LogP contribution is 2.30. The van der Waals surface area contributed by atoms with Crippen molar-refractivity contribution in [3.05, 3.63) is 29.3 Å². The number of nitrogens with one attached hydrogen (secondary N) is 1. The van der Waals surface area contributed by atoms with E-state index < -0.39 is 0 Å². The summed E-state index contributed by atoms with van der Waals surface area (Å²) in [6, 6.07) is 8.26. The molecule has 144 valence electrons. The Balaban J connectivity index is 1.39. The quantitative estimate of drug-likeness (QED) is 0.718. The molecule has 2 aliphatic rings. The third kappa shape index (κ3) is 3.10. The van der Waals surface area contributed by atoms with E-state index in [1.54, 1.807) is 11.3 Å². The highest BCUT2D eigenvalue weighted by atomic mass is 32.1. The van der Waals surface area contributed by atoms with Crippen LogP contribution in [0.2, 0.25) is 0 Å². The van der Waals surface area contributed by atoms with Gasteiger partial charge in [-0.25, -0.2) is 4.79 Å². The van der Waals surface area contributed by atoms with E-state index >= 15 is 0 Å². The number of hydrogen-bond acceptors (Lipinski definition) is 7. The monoisotopic (exact) mass is 395 g/mol. The van der Waals surface area contributed by atoms with E-state index in [2.05, 4.69) is 37.7 Å². The van der Waals surface area contributed by atoms with Crippen LogP contribution in [0.5, 0.6) is 0 Å². The third-order valence-corrected chi connectivity index (χ3v) is 6.38. The van der Waals surface area contributed by atoms with E-state index in [0.29, 0.717) is 5.82 Å². The Morgan fingerprint density at radius 3 is 2.61 bits per heavy atom. The highest BCUT2D eigenvalue weighted by molar-refractivity contribution is 7.14. The van der Waals surface area contributed by atoms with Crippen molar-refractivity contribution in [1.29, 1.82) is 0 Å². The van der Waals surface area contributed by atoms with Gasteiger partial charge < -0.3 is 9.80 Å². The van der Waals surface area contributed by atoms with Crippen LogP contribution in [-0.2, 0) is 0 Å². The van der Waals surface area contributed by atoms with Gasteiger partial charge in [0.05, 0.1) is 5.52 Å². The van der Waals surface area contributed by atoms with Gasteiger partial charge in [0.1, 0.15) is 10.0 Å². The summed E-state index contributed by atoms with van der Waals surface area (Å²) in [6.45, 7) is 3.79. The molecule has 0 saturated carbocycles. The number of carbonyl (C=O) groups excluding carboxylic acids is 1. The first-order valence-corrected chi connectivity index (χ1v) is 10.2. The van der Waals surface area contributed by atoms with Crippen LogP contribution in [0.4, 0.5) is 10.6 Å². The topological polar surface area (TPSA) is 87.1 Å². The molecule has 2 unspecified atom stereocenters. The summed E-state index contributed by atoms with van der Waals surface area (Å²) in [5.74, 6) is 0.474. The van der Waals surface area contributed by atoms with Crippen LogP contribution in [0.15, 0.2) is 24.3 Å². The zero-order valence-electron chi connectivity index (χ0n) is 15.8. The van der Waals surface area contributed by atoms with Crippen LogP contribution < -0.4 is 5.32 Å². The maximum Gasteiger partial charge on any atom is 0.323 e. The van der Waals surface area contributed by atoms with E-state index in [-0.39, 0.29) is 18.1 Å². The normalized spacial score (nSPS) is 22.0. The molecule has 2 atom stereocenters. The van der Waals surface area contributed by atoms with Gasteiger partial charge in [-0.2, -0.15) is 0 Å². The Hall–Kier alpha value is -2.65. The lowest BCUT2D eigenvalue weighted by Crippen LogP contribution is -2.55. The number of aryl methyl sites for hydroxylation is 1.